The number of carbonyl (C=O) groups is 1. The first-order valence-electron chi connectivity index (χ1n) is 12.5. The summed E-state index contributed by atoms with van der Waals surface area (Å²) < 4.78 is 0. The number of carbonyl (C=O) groups excluding carboxylic acids is 1. The third-order valence-electron chi connectivity index (χ3n) is 7.00. The zero-order chi connectivity index (χ0) is 25.2. The van der Waals surface area contributed by atoms with Gasteiger partial charge in [0.25, 0.3) is 5.91 Å². The van der Waals surface area contributed by atoms with E-state index in [1.165, 1.54) is 22.3 Å². The Balaban J connectivity index is 1.12. The van der Waals surface area contributed by atoms with Crippen molar-refractivity contribution in [3.05, 3.63) is 81.3 Å². The van der Waals surface area contributed by atoms with Gasteiger partial charge in [0, 0.05) is 67.4 Å². The number of nitrogens with one attached hydrogen (secondary N) is 2. The average molecular weight is 509 g/mol. The summed E-state index contributed by atoms with van der Waals surface area (Å²) >= 11 is 1.59. The third kappa shape index (κ3) is 5.07. The maximum atomic E-state index is 12.1. The van der Waals surface area contributed by atoms with Crippen molar-refractivity contribution in [1.82, 2.24) is 30.3 Å². The molecule has 7 nitrogen and oxygen atoms in total. The molecule has 0 radical (unpaired) electrons. The molecule has 1 aliphatic carbocycles. The largest absolute Gasteiger partial charge is 0.340 e. The number of aromatic nitrogens is 3. The van der Waals surface area contributed by atoms with Crippen molar-refractivity contribution >= 4 is 17.2 Å². The van der Waals surface area contributed by atoms with E-state index in [0.29, 0.717) is 5.69 Å². The van der Waals surface area contributed by atoms with Crippen molar-refractivity contribution in [2.45, 2.75) is 13.0 Å². The molecule has 0 atom stereocenters. The van der Waals surface area contributed by atoms with Gasteiger partial charge in [-0.1, -0.05) is 30.0 Å². The van der Waals surface area contributed by atoms with Crippen molar-refractivity contribution < 1.29 is 4.79 Å². The van der Waals surface area contributed by atoms with E-state index >= 15 is 0 Å². The molecule has 4 heterocycles. The molecule has 37 heavy (non-hydrogen) atoms. The second-order valence-electron chi connectivity index (χ2n) is 9.57. The van der Waals surface area contributed by atoms with Crippen molar-refractivity contribution in [3.8, 4) is 34.4 Å². The molecule has 186 valence electrons. The summed E-state index contributed by atoms with van der Waals surface area (Å²) in [6.07, 6.45) is 2.49. The second-order valence-corrected chi connectivity index (χ2v) is 10.5. The molecule has 0 spiro atoms. The van der Waals surface area contributed by atoms with E-state index < -0.39 is 0 Å². The Bertz CT molecular complexity index is 1490. The molecular formula is C29H28N6OS. The molecule has 2 N–H and O–H groups in total. The molecule has 1 amide bonds. The quantitative estimate of drug-likeness (QED) is 0.355. The van der Waals surface area contributed by atoms with E-state index in [4.69, 9.17) is 0 Å². The van der Waals surface area contributed by atoms with Crippen LogP contribution in [0, 0.1) is 11.8 Å². The van der Waals surface area contributed by atoms with Gasteiger partial charge in [0.2, 0.25) is 0 Å². The van der Waals surface area contributed by atoms with Crippen molar-refractivity contribution in [3.63, 3.8) is 0 Å². The molecule has 2 aliphatic rings. The summed E-state index contributed by atoms with van der Waals surface area (Å²) in [6.45, 7) is 5.76. The standard InChI is InChI=1S/C29H28N6OS/c1-34-11-13-35(14-12-34)18-20-7-8-21-17-25-27(32-33-28(25)24(21)15-20)22-16-23(37-19-22)5-4-10-31-29(36)26-6-2-3-9-30-26/h2-3,6-9,15-16,19H,10-14,17-18H2,1H3,(H,31,36)(H,32,33). The lowest BCUT2D eigenvalue weighted by atomic mass is 10.0. The third-order valence-corrected chi connectivity index (χ3v) is 7.85. The van der Waals surface area contributed by atoms with Gasteiger partial charge in [0.15, 0.2) is 0 Å². The van der Waals surface area contributed by atoms with E-state index in [2.05, 4.69) is 78.8 Å². The van der Waals surface area contributed by atoms with E-state index in [1.807, 2.05) is 0 Å². The molecule has 8 heteroatoms. The summed E-state index contributed by atoms with van der Waals surface area (Å²) in [7, 11) is 2.19. The number of rotatable bonds is 5. The molecule has 1 aliphatic heterocycles. The summed E-state index contributed by atoms with van der Waals surface area (Å²) in [5.41, 5.74) is 8.85. The zero-order valence-electron chi connectivity index (χ0n) is 20.8. The first-order chi connectivity index (χ1) is 18.1. The highest BCUT2D eigenvalue weighted by atomic mass is 32.1. The molecule has 3 aromatic heterocycles. The number of likely N-dealkylation sites (N-methyl/N-ethyl adjacent to an activating group) is 1. The molecule has 6 rings (SSSR count). The summed E-state index contributed by atoms with van der Waals surface area (Å²) in [5.74, 6) is 5.97. The van der Waals surface area contributed by atoms with Crippen LogP contribution in [0.15, 0.2) is 54.0 Å². The van der Waals surface area contributed by atoms with Gasteiger partial charge in [0.1, 0.15) is 5.69 Å². The van der Waals surface area contributed by atoms with E-state index in [1.54, 1.807) is 35.7 Å². The van der Waals surface area contributed by atoms with Crippen LogP contribution >= 0.6 is 11.3 Å². The molecule has 0 bridgehead atoms. The van der Waals surface area contributed by atoms with Crippen molar-refractivity contribution in [1.29, 1.82) is 0 Å². The normalized spacial score (nSPS) is 15.1. The number of hydrogen-bond donors (Lipinski definition) is 2. The minimum Gasteiger partial charge on any atom is -0.340 e. The number of hydrogen-bond acceptors (Lipinski definition) is 6. The highest BCUT2D eigenvalue weighted by Crippen LogP contribution is 2.41. The maximum Gasteiger partial charge on any atom is 0.270 e. The van der Waals surface area contributed by atoms with Crippen molar-refractivity contribution in [2.75, 3.05) is 39.8 Å². The van der Waals surface area contributed by atoms with Gasteiger partial charge in [-0.15, -0.1) is 11.3 Å². The summed E-state index contributed by atoms with van der Waals surface area (Å²) in [4.78, 5) is 22.0. The Hall–Kier alpha value is -3.77. The fourth-order valence-electron chi connectivity index (χ4n) is 4.93. The van der Waals surface area contributed by atoms with Crippen LogP contribution in [-0.2, 0) is 13.0 Å². The number of nitrogens with zero attached hydrogens (tertiary/aromatic N) is 4. The lowest BCUT2D eigenvalue weighted by molar-refractivity contribution is 0.0953. The smallest absolute Gasteiger partial charge is 0.270 e. The Morgan fingerprint density at radius 3 is 2.89 bits per heavy atom. The predicted octanol–water partition coefficient (Wildman–Crippen LogP) is 3.63. The lowest BCUT2D eigenvalue weighted by Gasteiger charge is -2.32. The fraction of sp³-hybridized carbons (Fsp3) is 0.276. The number of benzene rings is 1. The molecule has 1 saturated heterocycles. The first-order valence-corrected chi connectivity index (χ1v) is 13.4. The van der Waals surface area contributed by atoms with Gasteiger partial charge in [-0.2, -0.15) is 5.10 Å². The molecular weight excluding hydrogens is 480 g/mol. The van der Waals surface area contributed by atoms with Crippen LogP contribution in [0.2, 0.25) is 0 Å². The molecule has 0 unspecified atom stereocenters. The first kappa shape index (κ1) is 23.6. The maximum absolute atomic E-state index is 12.1. The van der Waals surface area contributed by atoms with Crippen LogP contribution in [0.5, 0.6) is 0 Å². The lowest BCUT2D eigenvalue weighted by Crippen LogP contribution is -2.43. The predicted molar refractivity (Wildman–Crippen MR) is 146 cm³/mol. The monoisotopic (exact) mass is 508 g/mol. The topological polar surface area (TPSA) is 77.1 Å². The summed E-state index contributed by atoms with van der Waals surface area (Å²) in [5, 5.41) is 12.9. The van der Waals surface area contributed by atoms with Gasteiger partial charge in [-0.25, -0.2) is 0 Å². The van der Waals surface area contributed by atoms with E-state index in [0.717, 1.165) is 61.0 Å². The number of fused-ring (bicyclic) bond motifs is 3. The number of pyridine rings is 1. The number of piperazine rings is 1. The molecule has 0 saturated carbocycles. The Kier molecular flexibility index (Phi) is 6.58. The minimum atomic E-state index is -0.222. The van der Waals surface area contributed by atoms with Crippen LogP contribution < -0.4 is 5.32 Å². The SMILES string of the molecule is CN1CCN(Cc2ccc3c(c2)-c2[nH]nc(-c4csc(C#CCNC(=O)c5ccccn5)c4)c2C3)CC1. The van der Waals surface area contributed by atoms with Crippen LogP contribution in [0.25, 0.3) is 22.5 Å². The van der Waals surface area contributed by atoms with Gasteiger partial charge < -0.3 is 10.2 Å². The molecule has 1 fully saturated rings. The van der Waals surface area contributed by atoms with Crippen LogP contribution in [0.4, 0.5) is 0 Å². The van der Waals surface area contributed by atoms with Gasteiger partial charge >= 0.3 is 0 Å². The Morgan fingerprint density at radius 1 is 1.16 bits per heavy atom. The minimum absolute atomic E-state index is 0.222. The highest BCUT2D eigenvalue weighted by Gasteiger charge is 2.26. The molecule has 4 aromatic rings. The van der Waals surface area contributed by atoms with E-state index in [9.17, 15) is 4.79 Å². The van der Waals surface area contributed by atoms with Gasteiger partial charge in [-0.3, -0.25) is 19.8 Å². The van der Waals surface area contributed by atoms with Crippen LogP contribution in [0.1, 0.15) is 32.1 Å². The van der Waals surface area contributed by atoms with Crippen LogP contribution in [0.3, 0.4) is 0 Å². The zero-order valence-corrected chi connectivity index (χ0v) is 21.6. The van der Waals surface area contributed by atoms with Gasteiger partial charge in [0.05, 0.1) is 22.8 Å². The van der Waals surface area contributed by atoms with Gasteiger partial charge in [-0.05, 0) is 42.4 Å². The number of H-pyrrole nitrogens is 1. The molecule has 1 aromatic carbocycles. The fourth-order valence-corrected chi connectivity index (χ4v) is 5.69. The number of thiophene rings is 1. The van der Waals surface area contributed by atoms with Crippen LogP contribution in [-0.4, -0.2) is 70.7 Å². The van der Waals surface area contributed by atoms with E-state index in [-0.39, 0.29) is 12.5 Å². The average Bonchev–Trinajstić information content (AvgIpc) is 3.64. The summed E-state index contributed by atoms with van der Waals surface area (Å²) in [6, 6.07) is 14.2. The highest BCUT2D eigenvalue weighted by molar-refractivity contribution is 7.11. The number of aromatic amines is 1. The number of amides is 1. The Morgan fingerprint density at radius 2 is 2.05 bits per heavy atom. The Labute approximate surface area is 220 Å². The second kappa shape index (κ2) is 10.3. The van der Waals surface area contributed by atoms with Crippen molar-refractivity contribution in [2.24, 2.45) is 0 Å².